The summed E-state index contributed by atoms with van der Waals surface area (Å²) in [4.78, 5) is 11.9. The molecule has 1 unspecified atom stereocenters. The van der Waals surface area contributed by atoms with Gasteiger partial charge < -0.3 is 4.90 Å². The number of anilines is 1. The van der Waals surface area contributed by atoms with Crippen LogP contribution in [0.1, 0.15) is 24.2 Å². The van der Waals surface area contributed by atoms with Crippen LogP contribution in [-0.4, -0.2) is 27.9 Å². The number of hydrogen-bond acceptors (Lipinski definition) is 3. The molecule has 1 atom stereocenters. The standard InChI is InChI=1S/C11H16BrN3/c1-8-6-13-9(2)11(14-8)15-5-3-4-10(12)7-15/h6,10H,3-5,7H2,1-2H3. The first-order valence-corrected chi connectivity index (χ1v) is 6.27. The third-order valence-corrected chi connectivity index (χ3v) is 3.46. The van der Waals surface area contributed by atoms with Crippen LogP contribution >= 0.6 is 15.9 Å². The summed E-state index contributed by atoms with van der Waals surface area (Å²) in [6.07, 6.45) is 4.31. The van der Waals surface area contributed by atoms with Crippen LogP contribution in [0, 0.1) is 13.8 Å². The Bertz CT molecular complexity index is 354. The molecule has 1 aliphatic rings. The van der Waals surface area contributed by atoms with Gasteiger partial charge in [-0.3, -0.25) is 4.98 Å². The van der Waals surface area contributed by atoms with Gasteiger partial charge in [0.15, 0.2) is 0 Å². The van der Waals surface area contributed by atoms with Gasteiger partial charge in [-0.2, -0.15) is 0 Å². The average molecular weight is 270 g/mol. The molecule has 0 spiro atoms. The molecule has 0 radical (unpaired) electrons. The largest absolute Gasteiger partial charge is 0.354 e. The number of nitrogens with zero attached hydrogens (tertiary/aromatic N) is 3. The molecule has 2 rings (SSSR count). The molecule has 0 N–H and O–H groups in total. The summed E-state index contributed by atoms with van der Waals surface area (Å²) in [7, 11) is 0. The molecule has 1 aromatic heterocycles. The van der Waals surface area contributed by atoms with E-state index in [-0.39, 0.29) is 0 Å². The molecule has 4 heteroatoms. The van der Waals surface area contributed by atoms with E-state index in [4.69, 9.17) is 0 Å². The van der Waals surface area contributed by atoms with E-state index in [1.807, 2.05) is 20.0 Å². The number of aryl methyl sites for hydroxylation is 2. The molecule has 1 fully saturated rings. The molecule has 0 aliphatic carbocycles. The van der Waals surface area contributed by atoms with Crippen LogP contribution in [0.2, 0.25) is 0 Å². The number of piperidine rings is 1. The Kier molecular flexibility index (Phi) is 3.24. The van der Waals surface area contributed by atoms with E-state index in [2.05, 4.69) is 30.8 Å². The van der Waals surface area contributed by atoms with Crippen LogP contribution in [0.25, 0.3) is 0 Å². The predicted molar refractivity (Wildman–Crippen MR) is 65.7 cm³/mol. The maximum atomic E-state index is 4.57. The van der Waals surface area contributed by atoms with Crippen molar-refractivity contribution in [2.24, 2.45) is 0 Å². The summed E-state index contributed by atoms with van der Waals surface area (Å²) < 4.78 is 0. The number of halogens is 1. The van der Waals surface area contributed by atoms with Crippen molar-refractivity contribution in [2.75, 3.05) is 18.0 Å². The SMILES string of the molecule is Cc1cnc(C)c(N2CCCC(Br)C2)n1. The summed E-state index contributed by atoms with van der Waals surface area (Å²) in [6.45, 7) is 6.16. The Morgan fingerprint density at radius 3 is 3.00 bits per heavy atom. The first kappa shape index (κ1) is 10.9. The quantitative estimate of drug-likeness (QED) is 0.734. The zero-order valence-electron chi connectivity index (χ0n) is 9.20. The topological polar surface area (TPSA) is 29.0 Å². The third kappa shape index (κ3) is 2.48. The van der Waals surface area contributed by atoms with E-state index >= 15 is 0 Å². The van der Waals surface area contributed by atoms with E-state index in [1.54, 1.807) is 0 Å². The first-order chi connectivity index (χ1) is 7.16. The fourth-order valence-corrected chi connectivity index (χ4v) is 2.62. The van der Waals surface area contributed by atoms with E-state index in [9.17, 15) is 0 Å². The molecule has 2 heterocycles. The van der Waals surface area contributed by atoms with E-state index < -0.39 is 0 Å². The van der Waals surface area contributed by atoms with Gasteiger partial charge in [-0.25, -0.2) is 4.98 Å². The maximum Gasteiger partial charge on any atom is 0.150 e. The van der Waals surface area contributed by atoms with Gasteiger partial charge in [-0.1, -0.05) is 15.9 Å². The van der Waals surface area contributed by atoms with E-state index in [1.165, 1.54) is 12.8 Å². The Hall–Kier alpha value is -0.640. The predicted octanol–water partition coefficient (Wildman–Crippen LogP) is 2.46. The normalized spacial score (nSPS) is 21.8. The van der Waals surface area contributed by atoms with Crippen LogP contribution in [0.4, 0.5) is 5.82 Å². The molecule has 1 saturated heterocycles. The van der Waals surface area contributed by atoms with Crippen LogP contribution in [-0.2, 0) is 0 Å². The third-order valence-electron chi connectivity index (χ3n) is 2.71. The van der Waals surface area contributed by atoms with Gasteiger partial charge in [0.2, 0.25) is 0 Å². The Labute approximate surface area is 99.0 Å². The summed E-state index contributed by atoms with van der Waals surface area (Å²) in [6, 6.07) is 0. The van der Waals surface area contributed by atoms with Gasteiger partial charge in [-0.05, 0) is 26.7 Å². The van der Waals surface area contributed by atoms with Crippen LogP contribution in [0.3, 0.4) is 0 Å². The minimum atomic E-state index is 0.591. The molecular weight excluding hydrogens is 254 g/mol. The molecular formula is C11H16BrN3. The number of alkyl halides is 1. The van der Waals surface area contributed by atoms with E-state index in [0.29, 0.717) is 4.83 Å². The van der Waals surface area contributed by atoms with Crippen molar-refractivity contribution in [3.05, 3.63) is 17.6 Å². The van der Waals surface area contributed by atoms with Crippen molar-refractivity contribution in [1.82, 2.24) is 9.97 Å². The lowest BCUT2D eigenvalue weighted by Crippen LogP contribution is -2.36. The molecule has 82 valence electrons. The van der Waals surface area contributed by atoms with Crippen LogP contribution < -0.4 is 4.90 Å². The molecule has 1 aliphatic heterocycles. The van der Waals surface area contributed by atoms with Gasteiger partial charge in [0, 0.05) is 24.1 Å². The van der Waals surface area contributed by atoms with Gasteiger partial charge in [0.25, 0.3) is 0 Å². The average Bonchev–Trinajstić information content (AvgIpc) is 2.22. The lowest BCUT2D eigenvalue weighted by Gasteiger charge is -2.31. The maximum absolute atomic E-state index is 4.57. The van der Waals surface area contributed by atoms with Crippen molar-refractivity contribution >= 4 is 21.7 Å². The summed E-state index contributed by atoms with van der Waals surface area (Å²) >= 11 is 3.68. The lowest BCUT2D eigenvalue weighted by molar-refractivity contribution is 0.588. The highest BCUT2D eigenvalue weighted by atomic mass is 79.9. The second-order valence-electron chi connectivity index (χ2n) is 4.11. The second kappa shape index (κ2) is 4.47. The first-order valence-electron chi connectivity index (χ1n) is 5.36. The molecule has 15 heavy (non-hydrogen) atoms. The van der Waals surface area contributed by atoms with Crippen molar-refractivity contribution < 1.29 is 0 Å². The Balaban J connectivity index is 2.24. The Morgan fingerprint density at radius 2 is 2.27 bits per heavy atom. The van der Waals surface area contributed by atoms with Crippen molar-refractivity contribution in [2.45, 2.75) is 31.5 Å². The number of aromatic nitrogens is 2. The Morgan fingerprint density at radius 1 is 1.47 bits per heavy atom. The van der Waals surface area contributed by atoms with Gasteiger partial charge in [0.05, 0.1) is 11.4 Å². The van der Waals surface area contributed by atoms with E-state index in [0.717, 1.165) is 30.3 Å². The minimum absolute atomic E-state index is 0.591. The van der Waals surface area contributed by atoms with Gasteiger partial charge >= 0.3 is 0 Å². The highest BCUT2D eigenvalue weighted by Crippen LogP contribution is 2.23. The molecule has 0 aromatic carbocycles. The summed E-state index contributed by atoms with van der Waals surface area (Å²) in [5.74, 6) is 1.05. The highest BCUT2D eigenvalue weighted by molar-refractivity contribution is 9.09. The fourth-order valence-electron chi connectivity index (χ4n) is 1.94. The van der Waals surface area contributed by atoms with Crippen molar-refractivity contribution in [3.63, 3.8) is 0 Å². The van der Waals surface area contributed by atoms with Crippen molar-refractivity contribution in [3.8, 4) is 0 Å². The summed E-state index contributed by atoms with van der Waals surface area (Å²) in [5, 5.41) is 0. The van der Waals surface area contributed by atoms with Crippen LogP contribution in [0.15, 0.2) is 6.20 Å². The zero-order chi connectivity index (χ0) is 10.8. The lowest BCUT2D eigenvalue weighted by atomic mass is 10.1. The fraction of sp³-hybridized carbons (Fsp3) is 0.636. The van der Waals surface area contributed by atoms with Gasteiger partial charge in [0.1, 0.15) is 5.82 Å². The molecule has 0 bridgehead atoms. The number of rotatable bonds is 1. The molecule has 0 amide bonds. The molecule has 1 aromatic rings. The monoisotopic (exact) mass is 269 g/mol. The highest BCUT2D eigenvalue weighted by Gasteiger charge is 2.20. The van der Waals surface area contributed by atoms with Crippen molar-refractivity contribution in [1.29, 1.82) is 0 Å². The van der Waals surface area contributed by atoms with Gasteiger partial charge in [-0.15, -0.1) is 0 Å². The molecule has 3 nitrogen and oxygen atoms in total. The van der Waals surface area contributed by atoms with Crippen LogP contribution in [0.5, 0.6) is 0 Å². The summed E-state index contributed by atoms with van der Waals surface area (Å²) in [5.41, 5.74) is 2.02. The zero-order valence-corrected chi connectivity index (χ0v) is 10.8. The minimum Gasteiger partial charge on any atom is -0.354 e. The number of hydrogen-bond donors (Lipinski definition) is 0. The second-order valence-corrected chi connectivity index (χ2v) is 5.40. The molecule has 0 saturated carbocycles. The smallest absolute Gasteiger partial charge is 0.150 e.